The molecule has 2 aromatic rings. The maximum Gasteiger partial charge on any atom is 0.310 e. The van der Waals surface area contributed by atoms with E-state index >= 15 is 4.39 Å². The van der Waals surface area contributed by atoms with Crippen molar-refractivity contribution < 1.29 is 23.4 Å². The average Bonchev–Trinajstić information content (AvgIpc) is 2.56. The highest BCUT2D eigenvalue weighted by Crippen LogP contribution is 2.33. The van der Waals surface area contributed by atoms with Gasteiger partial charge < -0.3 is 9.84 Å². The van der Waals surface area contributed by atoms with Gasteiger partial charge in [-0.05, 0) is 23.3 Å². The van der Waals surface area contributed by atoms with Crippen LogP contribution in [0.3, 0.4) is 0 Å². The lowest BCUT2D eigenvalue weighted by Gasteiger charge is -2.21. The number of phenolic OH excluding ortho intramolecular Hbond substituents is 1. The van der Waals surface area contributed by atoms with Gasteiger partial charge in [-0.25, -0.2) is 8.78 Å². The number of hydrogen-bond acceptors (Lipinski definition) is 3. The standard InChI is InChI=1S/C19H20Cl2F2O3Si/c1-26-15(25)9-11-8-13(20)12(16(21)17(11)22)7-10-5-6-14(24)19(18(10)23)27(2,3)4/h5-6,8,24H,7,9H2,1-4H3. The quantitative estimate of drug-likeness (QED) is 0.418. The molecule has 0 aliphatic carbocycles. The number of aromatic hydroxyl groups is 1. The number of rotatable bonds is 5. The van der Waals surface area contributed by atoms with E-state index in [0.717, 1.165) is 0 Å². The maximum atomic E-state index is 15.0. The predicted molar refractivity (Wildman–Crippen MR) is 106 cm³/mol. The number of carbonyl (C=O) groups is 1. The minimum atomic E-state index is -2.16. The van der Waals surface area contributed by atoms with Gasteiger partial charge in [-0.15, -0.1) is 0 Å². The molecule has 0 aliphatic rings. The zero-order valence-electron chi connectivity index (χ0n) is 15.4. The molecule has 0 fully saturated rings. The Morgan fingerprint density at radius 2 is 1.78 bits per heavy atom. The topological polar surface area (TPSA) is 46.5 Å². The summed E-state index contributed by atoms with van der Waals surface area (Å²) in [6.45, 7) is 5.74. The van der Waals surface area contributed by atoms with Crippen LogP contribution in [0.15, 0.2) is 18.2 Å². The first kappa shape index (κ1) is 21.7. The van der Waals surface area contributed by atoms with E-state index in [4.69, 9.17) is 23.2 Å². The number of halogens is 4. The number of phenols is 1. The number of methoxy groups -OCH3 is 1. The van der Waals surface area contributed by atoms with Crippen molar-refractivity contribution in [3.05, 3.63) is 56.6 Å². The lowest BCUT2D eigenvalue weighted by atomic mass is 10.0. The van der Waals surface area contributed by atoms with E-state index in [1.54, 1.807) is 0 Å². The van der Waals surface area contributed by atoms with Crippen LogP contribution >= 0.6 is 23.2 Å². The molecule has 0 aromatic heterocycles. The summed E-state index contributed by atoms with van der Waals surface area (Å²) in [5, 5.41) is 10.2. The Morgan fingerprint density at radius 1 is 1.15 bits per heavy atom. The summed E-state index contributed by atoms with van der Waals surface area (Å²) in [6, 6.07) is 4.16. The molecule has 0 heterocycles. The van der Waals surface area contributed by atoms with Gasteiger partial charge in [0.2, 0.25) is 0 Å². The van der Waals surface area contributed by atoms with Crippen molar-refractivity contribution in [1.82, 2.24) is 0 Å². The molecular weight excluding hydrogens is 413 g/mol. The number of esters is 1. The monoisotopic (exact) mass is 432 g/mol. The van der Waals surface area contributed by atoms with Gasteiger partial charge in [0.15, 0.2) is 0 Å². The fourth-order valence-electron chi connectivity index (χ4n) is 2.85. The van der Waals surface area contributed by atoms with Gasteiger partial charge in [0, 0.05) is 22.2 Å². The van der Waals surface area contributed by atoms with E-state index in [1.807, 2.05) is 19.6 Å². The summed E-state index contributed by atoms with van der Waals surface area (Å²) in [5.41, 5.74) is 0.485. The molecule has 0 radical (unpaired) electrons. The van der Waals surface area contributed by atoms with Crippen LogP contribution < -0.4 is 5.19 Å². The van der Waals surface area contributed by atoms with Crippen LogP contribution in [0.4, 0.5) is 8.78 Å². The van der Waals surface area contributed by atoms with Crippen molar-refractivity contribution in [2.24, 2.45) is 0 Å². The third-order valence-corrected chi connectivity index (χ3v) is 6.92. The van der Waals surface area contributed by atoms with E-state index < -0.39 is 25.7 Å². The largest absolute Gasteiger partial charge is 0.508 e. The van der Waals surface area contributed by atoms with E-state index in [-0.39, 0.29) is 45.3 Å². The Labute approximate surface area is 167 Å². The molecule has 2 aromatic carbocycles. The van der Waals surface area contributed by atoms with Gasteiger partial charge >= 0.3 is 5.97 Å². The van der Waals surface area contributed by atoms with Crippen LogP contribution in [0.25, 0.3) is 0 Å². The molecule has 3 nitrogen and oxygen atoms in total. The fraction of sp³-hybridized carbons (Fsp3) is 0.316. The predicted octanol–water partition coefficient (Wildman–Crippen LogP) is 4.83. The second-order valence-electron chi connectivity index (χ2n) is 7.24. The zero-order chi connectivity index (χ0) is 20.5. The fourth-order valence-corrected chi connectivity index (χ4v) is 5.15. The van der Waals surface area contributed by atoms with Crippen molar-refractivity contribution in [3.8, 4) is 5.75 Å². The van der Waals surface area contributed by atoms with Crippen molar-refractivity contribution in [3.63, 3.8) is 0 Å². The molecule has 0 amide bonds. The Bertz CT molecular complexity index is 896. The van der Waals surface area contributed by atoms with Crippen LogP contribution in [0.5, 0.6) is 5.75 Å². The van der Waals surface area contributed by atoms with Crippen LogP contribution in [0.1, 0.15) is 16.7 Å². The molecule has 0 atom stereocenters. The van der Waals surface area contributed by atoms with Crippen LogP contribution in [-0.4, -0.2) is 26.3 Å². The molecule has 2 rings (SSSR count). The highest BCUT2D eigenvalue weighted by atomic mass is 35.5. The van der Waals surface area contributed by atoms with Crippen LogP contribution in [0.2, 0.25) is 29.7 Å². The number of carbonyl (C=O) groups excluding carboxylic acids is 1. The van der Waals surface area contributed by atoms with Crippen molar-refractivity contribution >= 4 is 42.4 Å². The van der Waals surface area contributed by atoms with Gasteiger partial charge in [0.25, 0.3) is 0 Å². The average molecular weight is 433 g/mol. The Balaban J connectivity index is 2.50. The van der Waals surface area contributed by atoms with E-state index in [1.165, 1.54) is 25.3 Å². The first-order valence-corrected chi connectivity index (χ1v) is 12.5. The van der Waals surface area contributed by atoms with Gasteiger partial charge in [-0.1, -0.05) is 48.9 Å². The van der Waals surface area contributed by atoms with Gasteiger partial charge in [-0.3, -0.25) is 4.79 Å². The first-order chi connectivity index (χ1) is 12.5. The lowest BCUT2D eigenvalue weighted by Crippen LogP contribution is -2.40. The van der Waals surface area contributed by atoms with Crippen molar-refractivity contribution in [2.45, 2.75) is 32.5 Å². The van der Waals surface area contributed by atoms with Gasteiger partial charge in [-0.2, -0.15) is 0 Å². The second kappa shape index (κ2) is 8.16. The Hall–Kier alpha value is -1.63. The summed E-state index contributed by atoms with van der Waals surface area (Å²) in [7, 11) is -0.961. The molecule has 27 heavy (non-hydrogen) atoms. The van der Waals surface area contributed by atoms with Gasteiger partial charge in [0.1, 0.15) is 17.4 Å². The third kappa shape index (κ3) is 4.62. The van der Waals surface area contributed by atoms with Crippen LogP contribution in [0, 0.1) is 11.6 Å². The minimum absolute atomic E-state index is 0.00886. The molecule has 1 N–H and O–H groups in total. The number of benzene rings is 2. The normalized spacial score (nSPS) is 11.6. The maximum absolute atomic E-state index is 15.0. The van der Waals surface area contributed by atoms with E-state index in [2.05, 4.69) is 4.74 Å². The van der Waals surface area contributed by atoms with Crippen molar-refractivity contribution in [1.29, 1.82) is 0 Å². The summed E-state index contributed by atoms with van der Waals surface area (Å²) < 4.78 is 34.1. The smallest absolute Gasteiger partial charge is 0.310 e. The highest BCUT2D eigenvalue weighted by molar-refractivity contribution is 6.89. The summed E-state index contributed by atoms with van der Waals surface area (Å²) in [5.74, 6) is -2.03. The summed E-state index contributed by atoms with van der Waals surface area (Å²) in [4.78, 5) is 11.4. The minimum Gasteiger partial charge on any atom is -0.508 e. The molecule has 0 aliphatic heterocycles. The molecule has 0 bridgehead atoms. The molecular formula is C19H20Cl2F2O3Si. The molecule has 0 saturated carbocycles. The summed E-state index contributed by atoms with van der Waals surface area (Å²) >= 11 is 12.3. The molecule has 0 spiro atoms. The lowest BCUT2D eigenvalue weighted by molar-refractivity contribution is -0.139. The molecule has 8 heteroatoms. The zero-order valence-corrected chi connectivity index (χ0v) is 17.9. The van der Waals surface area contributed by atoms with Crippen LogP contribution in [-0.2, 0) is 22.4 Å². The third-order valence-electron chi connectivity index (χ3n) is 4.21. The molecule has 0 saturated heterocycles. The molecule has 0 unspecified atom stereocenters. The first-order valence-electron chi connectivity index (χ1n) is 8.20. The molecule has 146 valence electrons. The SMILES string of the molecule is COC(=O)Cc1cc(Cl)c(Cc2ccc(O)c([Si](C)(C)C)c2F)c(Cl)c1F. The number of ether oxygens (including phenoxy) is 1. The number of hydrogen-bond donors (Lipinski definition) is 1. The van der Waals surface area contributed by atoms with Gasteiger partial charge in [0.05, 0.1) is 26.6 Å². The second-order valence-corrected chi connectivity index (χ2v) is 13.0. The highest BCUT2D eigenvalue weighted by Gasteiger charge is 2.27. The Morgan fingerprint density at radius 3 is 2.33 bits per heavy atom. The Kier molecular flexibility index (Phi) is 6.55. The van der Waals surface area contributed by atoms with E-state index in [0.29, 0.717) is 5.19 Å². The van der Waals surface area contributed by atoms with Crippen molar-refractivity contribution in [2.75, 3.05) is 7.11 Å². The summed E-state index contributed by atoms with van der Waals surface area (Å²) in [6.07, 6.45) is -0.355. The van der Waals surface area contributed by atoms with E-state index in [9.17, 15) is 14.3 Å².